The largest absolute Gasteiger partial charge is 0.383 e. The van der Waals surface area contributed by atoms with Gasteiger partial charge in [-0.2, -0.15) is 0 Å². The Hall–Kier alpha value is -1.10. The maximum Gasteiger partial charge on any atom is 0.323 e. The van der Waals surface area contributed by atoms with Crippen LogP contribution in [0.3, 0.4) is 0 Å². The summed E-state index contributed by atoms with van der Waals surface area (Å²) in [5, 5.41) is 10.5. The molecule has 1 atom stereocenters. The zero-order valence-corrected chi connectivity index (χ0v) is 11.1. The molecule has 102 valence electrons. The van der Waals surface area contributed by atoms with E-state index in [1.54, 1.807) is 12.0 Å². The lowest BCUT2D eigenvalue weighted by molar-refractivity contribution is 0.143. The molecule has 0 aromatic heterocycles. The Morgan fingerprint density at radius 2 is 2.11 bits per heavy atom. The van der Waals surface area contributed by atoms with Crippen molar-refractivity contribution in [3.8, 4) is 0 Å². The highest BCUT2D eigenvalue weighted by atomic mass is 16.5. The van der Waals surface area contributed by atoms with Crippen molar-refractivity contribution in [1.82, 2.24) is 10.2 Å². The summed E-state index contributed by atoms with van der Waals surface area (Å²) in [6, 6.07) is -0.200. The number of ether oxygens (including phenoxy) is 1. The van der Waals surface area contributed by atoms with Gasteiger partial charge in [0, 0.05) is 13.7 Å². The van der Waals surface area contributed by atoms with E-state index < -0.39 is 0 Å². The fourth-order valence-electron chi connectivity index (χ4n) is 3.00. The summed E-state index contributed by atoms with van der Waals surface area (Å²) < 4.78 is 5.03. The van der Waals surface area contributed by atoms with Crippen LogP contribution in [0.15, 0.2) is 0 Å². The van der Waals surface area contributed by atoms with E-state index in [2.05, 4.69) is 5.32 Å². The number of rotatable bonds is 5. The lowest BCUT2D eigenvalue weighted by Crippen LogP contribution is -2.38. The molecule has 1 saturated carbocycles. The van der Waals surface area contributed by atoms with Gasteiger partial charge in [-0.05, 0) is 12.3 Å². The van der Waals surface area contributed by atoms with Crippen molar-refractivity contribution < 1.29 is 9.53 Å². The van der Waals surface area contributed by atoms with Crippen molar-refractivity contribution in [2.24, 2.45) is 5.92 Å². The van der Waals surface area contributed by atoms with Crippen LogP contribution in [0.1, 0.15) is 38.5 Å². The van der Waals surface area contributed by atoms with Gasteiger partial charge in [0.1, 0.15) is 5.84 Å². The quantitative estimate of drug-likeness (QED) is 0.786. The lowest BCUT2D eigenvalue weighted by atomic mass is 9.84. The zero-order chi connectivity index (χ0) is 13.0. The summed E-state index contributed by atoms with van der Waals surface area (Å²) >= 11 is 0. The first-order valence-corrected chi connectivity index (χ1v) is 6.87. The normalized spacial score (nSPS) is 25.6. The molecule has 2 amide bonds. The molecule has 0 aromatic carbocycles. The average molecular weight is 253 g/mol. The van der Waals surface area contributed by atoms with Gasteiger partial charge in [-0.15, -0.1) is 0 Å². The van der Waals surface area contributed by atoms with Crippen molar-refractivity contribution in [3.63, 3.8) is 0 Å². The molecule has 2 rings (SSSR count). The molecule has 1 saturated heterocycles. The number of nitrogens with one attached hydrogen (secondary N) is 2. The molecule has 0 aromatic rings. The predicted molar refractivity (Wildman–Crippen MR) is 69.8 cm³/mol. The van der Waals surface area contributed by atoms with E-state index in [4.69, 9.17) is 10.1 Å². The third-order valence-corrected chi connectivity index (χ3v) is 4.03. The second kappa shape index (κ2) is 6.18. The van der Waals surface area contributed by atoms with Crippen molar-refractivity contribution in [2.75, 3.05) is 20.3 Å². The maximum atomic E-state index is 11.8. The highest BCUT2D eigenvalue weighted by Crippen LogP contribution is 2.29. The monoisotopic (exact) mass is 253 g/mol. The van der Waals surface area contributed by atoms with Crippen molar-refractivity contribution in [1.29, 1.82) is 5.41 Å². The van der Waals surface area contributed by atoms with Gasteiger partial charge in [-0.3, -0.25) is 10.7 Å². The van der Waals surface area contributed by atoms with Gasteiger partial charge < -0.3 is 9.64 Å². The van der Waals surface area contributed by atoms with E-state index in [9.17, 15) is 4.79 Å². The molecular weight excluding hydrogens is 230 g/mol. The van der Waals surface area contributed by atoms with E-state index >= 15 is 0 Å². The van der Waals surface area contributed by atoms with E-state index in [1.807, 2.05) is 0 Å². The number of nitrogens with zero attached hydrogens (tertiary/aromatic N) is 1. The number of hydrogen-bond acceptors (Lipinski definition) is 3. The summed E-state index contributed by atoms with van der Waals surface area (Å²) in [7, 11) is 1.63. The van der Waals surface area contributed by atoms with Crippen LogP contribution in [0.25, 0.3) is 0 Å². The Bertz CT molecular complexity index is 313. The van der Waals surface area contributed by atoms with Crippen LogP contribution >= 0.6 is 0 Å². The number of carbonyl (C=O) groups is 1. The predicted octanol–water partition coefficient (Wildman–Crippen LogP) is 1.97. The van der Waals surface area contributed by atoms with Crippen molar-refractivity contribution in [2.45, 2.75) is 44.6 Å². The Labute approximate surface area is 108 Å². The number of amides is 2. The zero-order valence-electron chi connectivity index (χ0n) is 11.1. The maximum absolute atomic E-state index is 11.8. The second-order valence-corrected chi connectivity index (χ2v) is 5.29. The first-order valence-electron chi connectivity index (χ1n) is 6.87. The van der Waals surface area contributed by atoms with Gasteiger partial charge in [0.2, 0.25) is 0 Å². The number of amidine groups is 1. The minimum Gasteiger partial charge on any atom is -0.383 e. The SMILES string of the molecule is COCCN1C(=O)NC(=N)C1CC1CCCCC1. The number of hydrogen-bond donors (Lipinski definition) is 2. The highest BCUT2D eigenvalue weighted by Gasteiger charge is 2.36. The number of carbonyl (C=O) groups excluding carboxylic acids is 1. The molecule has 0 bridgehead atoms. The van der Waals surface area contributed by atoms with E-state index in [-0.39, 0.29) is 12.1 Å². The first kappa shape index (κ1) is 13.3. The second-order valence-electron chi connectivity index (χ2n) is 5.29. The standard InChI is InChI=1S/C13H23N3O2/c1-18-8-7-16-11(12(14)15-13(16)17)9-10-5-3-2-4-6-10/h10-11H,2-9H2,1H3,(H2,14,15,17). The average Bonchev–Trinajstić information content (AvgIpc) is 2.63. The third kappa shape index (κ3) is 3.02. The molecule has 18 heavy (non-hydrogen) atoms. The highest BCUT2D eigenvalue weighted by molar-refractivity contribution is 6.05. The third-order valence-electron chi connectivity index (χ3n) is 4.03. The molecule has 2 aliphatic rings. The smallest absolute Gasteiger partial charge is 0.323 e. The van der Waals surface area contributed by atoms with Crippen molar-refractivity contribution >= 4 is 11.9 Å². The summed E-state index contributed by atoms with van der Waals surface area (Å²) in [6.45, 7) is 1.10. The fraction of sp³-hybridized carbons (Fsp3) is 0.846. The van der Waals surface area contributed by atoms with Crippen molar-refractivity contribution in [3.05, 3.63) is 0 Å². The van der Waals surface area contributed by atoms with Crippen LogP contribution in [-0.2, 0) is 4.74 Å². The Morgan fingerprint density at radius 1 is 1.39 bits per heavy atom. The van der Waals surface area contributed by atoms with Gasteiger partial charge in [-0.25, -0.2) is 4.79 Å². The Kier molecular flexibility index (Phi) is 4.58. The van der Waals surface area contributed by atoms with Gasteiger partial charge >= 0.3 is 6.03 Å². The van der Waals surface area contributed by atoms with Crippen LogP contribution in [0.5, 0.6) is 0 Å². The minimum atomic E-state index is -0.141. The van der Waals surface area contributed by atoms with E-state index in [0.29, 0.717) is 24.9 Å². The summed E-state index contributed by atoms with van der Waals surface area (Å²) in [6.07, 6.45) is 7.35. The molecule has 0 radical (unpaired) electrons. The summed E-state index contributed by atoms with van der Waals surface area (Å²) in [4.78, 5) is 13.5. The van der Waals surface area contributed by atoms with Gasteiger partial charge in [-0.1, -0.05) is 32.1 Å². The van der Waals surface area contributed by atoms with Gasteiger partial charge in [0.15, 0.2) is 0 Å². The lowest BCUT2D eigenvalue weighted by Gasteiger charge is -2.28. The molecule has 0 spiro atoms. The Morgan fingerprint density at radius 3 is 2.78 bits per heavy atom. The van der Waals surface area contributed by atoms with Crippen LogP contribution in [0, 0.1) is 11.3 Å². The molecule has 5 nitrogen and oxygen atoms in total. The summed E-state index contributed by atoms with van der Waals surface area (Å²) in [5.41, 5.74) is 0. The molecule has 2 N–H and O–H groups in total. The topological polar surface area (TPSA) is 65.4 Å². The van der Waals surface area contributed by atoms with Crippen LogP contribution in [-0.4, -0.2) is 43.1 Å². The Balaban J connectivity index is 1.93. The van der Waals surface area contributed by atoms with Crippen LogP contribution in [0.4, 0.5) is 4.79 Å². The van der Waals surface area contributed by atoms with E-state index in [1.165, 1.54) is 32.1 Å². The molecule has 1 heterocycles. The van der Waals surface area contributed by atoms with E-state index in [0.717, 1.165) is 6.42 Å². The molecule has 1 aliphatic heterocycles. The van der Waals surface area contributed by atoms with Crippen LogP contribution in [0.2, 0.25) is 0 Å². The number of urea groups is 1. The minimum absolute atomic E-state index is 0.0595. The van der Waals surface area contributed by atoms with Crippen LogP contribution < -0.4 is 5.32 Å². The molecule has 2 fully saturated rings. The molecule has 1 aliphatic carbocycles. The number of methoxy groups -OCH3 is 1. The first-order chi connectivity index (χ1) is 8.72. The van der Waals surface area contributed by atoms with Gasteiger partial charge in [0.25, 0.3) is 0 Å². The summed E-state index contributed by atoms with van der Waals surface area (Å²) in [5.74, 6) is 1.03. The molecule has 5 heteroatoms. The van der Waals surface area contributed by atoms with Gasteiger partial charge in [0.05, 0.1) is 12.6 Å². The molecule has 1 unspecified atom stereocenters. The fourth-order valence-corrected chi connectivity index (χ4v) is 3.00. The molecular formula is C13H23N3O2.